The third-order valence-electron chi connectivity index (χ3n) is 4.54. The smallest absolute Gasteiger partial charge is 0.381 e. The van der Waals surface area contributed by atoms with Crippen molar-refractivity contribution in [3.63, 3.8) is 0 Å². The highest BCUT2D eigenvalue weighted by Crippen LogP contribution is 2.43. The minimum absolute atomic E-state index is 0.0913. The maximum atomic E-state index is 13.1. The Morgan fingerprint density at radius 1 is 1.09 bits per heavy atom. The zero-order chi connectivity index (χ0) is 24.5. The van der Waals surface area contributed by atoms with E-state index >= 15 is 0 Å². The third-order valence-corrected chi connectivity index (χ3v) is 5.38. The topological polar surface area (TPSA) is 111 Å². The van der Waals surface area contributed by atoms with Crippen LogP contribution in [0.2, 0.25) is 10.0 Å². The van der Waals surface area contributed by atoms with E-state index < -0.39 is 23.8 Å². The number of halogens is 2. The Balaban J connectivity index is 2.64. The van der Waals surface area contributed by atoms with Gasteiger partial charge in [0.2, 0.25) is 0 Å². The Morgan fingerprint density at radius 2 is 1.73 bits per heavy atom. The molecule has 1 aromatic carbocycles. The first kappa shape index (κ1) is 26.3. The van der Waals surface area contributed by atoms with E-state index in [2.05, 4.69) is 11.2 Å². The summed E-state index contributed by atoms with van der Waals surface area (Å²) in [5.74, 6) is 0.747. The number of hydrogen-bond acceptors (Lipinski definition) is 7. The van der Waals surface area contributed by atoms with E-state index in [1.807, 2.05) is 5.92 Å². The number of hydrogen-bond donors (Lipinski definition) is 2. The molecule has 1 aliphatic rings. The third kappa shape index (κ3) is 6.51. The van der Waals surface area contributed by atoms with Crippen LogP contribution in [0.15, 0.2) is 40.7 Å². The van der Waals surface area contributed by atoms with Crippen LogP contribution in [0.1, 0.15) is 32.3 Å². The highest BCUT2D eigenvalue weighted by atomic mass is 35.5. The van der Waals surface area contributed by atoms with E-state index in [1.54, 1.807) is 39.0 Å². The van der Waals surface area contributed by atoms with E-state index in [4.69, 9.17) is 42.5 Å². The molecular formula is C23H23Cl2NO7. The van der Waals surface area contributed by atoms with Crippen LogP contribution in [0.5, 0.6) is 0 Å². The quantitative estimate of drug-likeness (QED) is 0.320. The zero-order valence-electron chi connectivity index (χ0n) is 18.3. The van der Waals surface area contributed by atoms with Crippen LogP contribution in [-0.2, 0) is 28.6 Å². The van der Waals surface area contributed by atoms with Gasteiger partial charge < -0.3 is 24.6 Å². The molecule has 33 heavy (non-hydrogen) atoms. The van der Waals surface area contributed by atoms with Crippen LogP contribution in [0.3, 0.4) is 0 Å². The van der Waals surface area contributed by atoms with Gasteiger partial charge in [0.1, 0.15) is 6.61 Å². The van der Waals surface area contributed by atoms with Crippen molar-refractivity contribution in [1.82, 2.24) is 5.32 Å². The summed E-state index contributed by atoms with van der Waals surface area (Å²) >= 11 is 12.7. The van der Waals surface area contributed by atoms with Gasteiger partial charge in [0.05, 0.1) is 52.6 Å². The lowest BCUT2D eigenvalue weighted by Gasteiger charge is -2.32. The molecule has 8 nitrogen and oxygen atoms in total. The molecule has 2 N–H and O–H groups in total. The number of carbonyl (C=O) groups excluding carboxylic acids is 2. The van der Waals surface area contributed by atoms with Crippen molar-refractivity contribution in [1.29, 1.82) is 0 Å². The Morgan fingerprint density at radius 3 is 2.33 bits per heavy atom. The lowest BCUT2D eigenvalue weighted by molar-refractivity contribution is -0.139. The standard InChI is InChI=1S/C23H23Cl2NO7/c1-4-32-22(29)18-13(3)26-16(12-31-11-7-10-17(27)28)20(23(30)33-5-2)19(18)14-8-6-9-15(24)21(14)25/h6,8-9,19,26H,4-5,11-12H2,1-3H3,(H,27,28). The van der Waals surface area contributed by atoms with E-state index in [0.717, 1.165) is 0 Å². The van der Waals surface area contributed by atoms with Crippen LogP contribution in [0.4, 0.5) is 0 Å². The van der Waals surface area contributed by atoms with Crippen LogP contribution >= 0.6 is 23.2 Å². The van der Waals surface area contributed by atoms with Crippen molar-refractivity contribution >= 4 is 41.1 Å². The summed E-state index contributed by atoms with van der Waals surface area (Å²) in [6.07, 6.45) is 0. The van der Waals surface area contributed by atoms with Gasteiger partial charge in [0.25, 0.3) is 0 Å². The highest BCUT2D eigenvalue weighted by molar-refractivity contribution is 6.42. The fourth-order valence-electron chi connectivity index (χ4n) is 3.31. The van der Waals surface area contributed by atoms with Gasteiger partial charge in [-0.05, 0) is 32.4 Å². The molecule has 0 radical (unpaired) electrons. The van der Waals surface area contributed by atoms with Crippen LogP contribution in [0.25, 0.3) is 0 Å². The number of esters is 2. The lowest BCUT2D eigenvalue weighted by atomic mass is 9.80. The predicted molar refractivity (Wildman–Crippen MR) is 122 cm³/mol. The molecule has 1 heterocycles. The average molecular weight is 496 g/mol. The summed E-state index contributed by atoms with van der Waals surface area (Å²) in [4.78, 5) is 36.5. The summed E-state index contributed by atoms with van der Waals surface area (Å²) in [6.45, 7) is 4.88. The van der Waals surface area contributed by atoms with Gasteiger partial charge in [-0.25, -0.2) is 14.4 Å². The van der Waals surface area contributed by atoms with Crippen LogP contribution in [0, 0.1) is 11.8 Å². The summed E-state index contributed by atoms with van der Waals surface area (Å²) in [5, 5.41) is 12.1. The number of carbonyl (C=O) groups is 3. The number of aliphatic carboxylic acids is 1. The molecule has 1 aromatic rings. The molecule has 1 aliphatic heterocycles. The maximum Gasteiger partial charge on any atom is 0.381 e. The van der Waals surface area contributed by atoms with Crippen molar-refractivity contribution in [2.75, 3.05) is 26.4 Å². The average Bonchev–Trinajstić information content (AvgIpc) is 2.75. The fraction of sp³-hybridized carbons (Fsp3) is 0.348. The largest absolute Gasteiger partial charge is 0.472 e. The van der Waals surface area contributed by atoms with Gasteiger partial charge in [0.15, 0.2) is 0 Å². The Bertz CT molecular complexity index is 1070. The minimum Gasteiger partial charge on any atom is -0.472 e. The maximum absolute atomic E-state index is 13.1. The summed E-state index contributed by atoms with van der Waals surface area (Å²) in [6, 6.07) is 4.91. The zero-order valence-corrected chi connectivity index (χ0v) is 19.8. The van der Waals surface area contributed by atoms with E-state index in [-0.39, 0.29) is 47.6 Å². The van der Waals surface area contributed by atoms with Crippen molar-refractivity contribution in [2.45, 2.75) is 26.7 Å². The molecule has 10 heteroatoms. The fourth-order valence-corrected chi connectivity index (χ4v) is 3.73. The molecule has 1 unspecified atom stereocenters. The van der Waals surface area contributed by atoms with Gasteiger partial charge in [-0.15, -0.1) is 0 Å². The van der Waals surface area contributed by atoms with Crippen molar-refractivity contribution in [2.24, 2.45) is 0 Å². The van der Waals surface area contributed by atoms with Gasteiger partial charge in [-0.2, -0.15) is 0 Å². The van der Waals surface area contributed by atoms with E-state index in [9.17, 15) is 14.4 Å². The van der Waals surface area contributed by atoms with Crippen LogP contribution in [-0.4, -0.2) is 49.4 Å². The molecule has 0 aliphatic carbocycles. The van der Waals surface area contributed by atoms with Gasteiger partial charge in [0, 0.05) is 11.6 Å². The summed E-state index contributed by atoms with van der Waals surface area (Å²) < 4.78 is 16.0. The number of nitrogens with one attached hydrogen (secondary N) is 1. The van der Waals surface area contributed by atoms with Crippen LogP contribution < -0.4 is 5.32 Å². The molecule has 2 rings (SSSR count). The monoisotopic (exact) mass is 495 g/mol. The molecule has 0 aromatic heterocycles. The molecule has 176 valence electrons. The number of carboxylic acids is 1. The Labute approximate surface area is 201 Å². The molecule has 1 atom stereocenters. The molecule has 0 saturated carbocycles. The molecule has 0 amide bonds. The lowest BCUT2D eigenvalue weighted by Crippen LogP contribution is -2.35. The number of carboxylic acid groups (broad SMARTS) is 1. The van der Waals surface area contributed by atoms with E-state index in [1.165, 1.54) is 0 Å². The number of dihydropyridines is 1. The molecule has 0 bridgehead atoms. The van der Waals surface area contributed by atoms with Crippen molar-refractivity contribution < 1.29 is 33.7 Å². The first-order valence-corrected chi connectivity index (χ1v) is 10.8. The first-order chi connectivity index (χ1) is 15.7. The number of benzene rings is 1. The first-order valence-electron chi connectivity index (χ1n) is 10.0. The van der Waals surface area contributed by atoms with Crippen molar-refractivity contribution in [3.8, 4) is 11.8 Å². The second-order valence-corrected chi connectivity index (χ2v) is 7.46. The highest BCUT2D eigenvalue weighted by Gasteiger charge is 2.40. The van der Waals surface area contributed by atoms with Gasteiger partial charge in [-0.1, -0.05) is 41.3 Å². The second kappa shape index (κ2) is 12.3. The minimum atomic E-state index is -1.28. The Kier molecular flexibility index (Phi) is 9.79. The Hall–Kier alpha value is -2.99. The number of rotatable bonds is 8. The predicted octanol–water partition coefficient (Wildman–Crippen LogP) is 3.44. The summed E-state index contributed by atoms with van der Waals surface area (Å²) in [7, 11) is 0. The number of allylic oxidation sites excluding steroid dienone is 1. The molecular weight excluding hydrogens is 473 g/mol. The number of ether oxygens (including phenoxy) is 3. The molecule has 0 spiro atoms. The van der Waals surface area contributed by atoms with Crippen molar-refractivity contribution in [3.05, 3.63) is 56.3 Å². The molecule has 0 saturated heterocycles. The normalized spacial score (nSPS) is 15.4. The van der Waals surface area contributed by atoms with Gasteiger partial charge in [-0.3, -0.25) is 0 Å². The van der Waals surface area contributed by atoms with Gasteiger partial charge >= 0.3 is 17.9 Å². The molecule has 0 fully saturated rings. The van der Waals surface area contributed by atoms with E-state index in [0.29, 0.717) is 17.0 Å². The second-order valence-electron chi connectivity index (χ2n) is 6.67. The SMILES string of the molecule is CCOC(=O)C1=C(C)NC(COCC#CC(=O)O)=C(C(=O)OCC)C1c1cccc(Cl)c1Cl. The summed E-state index contributed by atoms with van der Waals surface area (Å²) in [5.41, 5.74) is 1.44.